The molecule has 2 fully saturated rings. The average Bonchev–Trinajstić information content (AvgIpc) is 3.33. The molecule has 6 heteroatoms. The summed E-state index contributed by atoms with van der Waals surface area (Å²) < 4.78 is 19.3. The quantitative estimate of drug-likeness (QED) is 0.706. The molecule has 4 rings (SSSR count). The first-order valence-electron chi connectivity index (χ1n) is 11.1. The normalized spacial score (nSPS) is 18.8. The monoisotopic (exact) mass is 424 g/mol. The van der Waals surface area contributed by atoms with Crippen molar-refractivity contribution in [2.75, 3.05) is 32.8 Å². The van der Waals surface area contributed by atoms with Gasteiger partial charge in [0.05, 0.1) is 13.0 Å². The van der Waals surface area contributed by atoms with Gasteiger partial charge in [0.15, 0.2) is 0 Å². The molecule has 0 saturated carbocycles. The second-order valence-electron chi connectivity index (χ2n) is 8.49. The van der Waals surface area contributed by atoms with Gasteiger partial charge in [-0.05, 0) is 67.6 Å². The summed E-state index contributed by atoms with van der Waals surface area (Å²) in [6.45, 7) is 3.60. The summed E-state index contributed by atoms with van der Waals surface area (Å²) in [6, 6.07) is 13.6. The lowest BCUT2D eigenvalue weighted by molar-refractivity contribution is -0.132. The van der Waals surface area contributed by atoms with E-state index in [0.29, 0.717) is 24.3 Å². The molecule has 0 bridgehead atoms. The Morgan fingerprint density at radius 3 is 2.45 bits per heavy atom. The van der Waals surface area contributed by atoms with Crippen molar-refractivity contribution in [1.29, 1.82) is 0 Å². The van der Waals surface area contributed by atoms with E-state index in [-0.39, 0.29) is 30.0 Å². The fraction of sp³-hybridized carbons (Fsp3) is 0.440. The number of nitrogens with zero attached hydrogens (tertiary/aromatic N) is 2. The summed E-state index contributed by atoms with van der Waals surface area (Å²) in [5.41, 5.74) is 1.40. The van der Waals surface area contributed by atoms with Crippen molar-refractivity contribution in [1.82, 2.24) is 9.80 Å². The van der Waals surface area contributed by atoms with Crippen LogP contribution in [0.2, 0.25) is 0 Å². The molecule has 1 atom stereocenters. The Balaban J connectivity index is 1.26. The molecule has 0 aromatic heterocycles. The molecule has 31 heavy (non-hydrogen) atoms. The molecule has 2 amide bonds. The minimum Gasteiger partial charge on any atom is -0.493 e. The molecule has 2 aromatic rings. The van der Waals surface area contributed by atoms with Gasteiger partial charge >= 0.3 is 0 Å². The Hall–Kier alpha value is -2.89. The zero-order valence-corrected chi connectivity index (χ0v) is 17.8. The van der Waals surface area contributed by atoms with Crippen LogP contribution >= 0.6 is 0 Å². The van der Waals surface area contributed by atoms with Gasteiger partial charge in [0.1, 0.15) is 11.6 Å². The summed E-state index contributed by atoms with van der Waals surface area (Å²) >= 11 is 0. The average molecular weight is 425 g/mol. The molecule has 2 aliphatic rings. The van der Waals surface area contributed by atoms with Crippen molar-refractivity contribution >= 4 is 11.8 Å². The number of piperidine rings is 1. The maximum absolute atomic E-state index is 13.4. The standard InChI is InChI=1S/C25H29FN2O3/c26-22-7-3-5-19(15-22)16-24(29)28-14-4-6-20(17-28)18-31-23-10-8-21(9-11-23)25(30)27-12-1-2-13-27/h3,5,7-11,15,20H,1-2,4,6,12-14,16-18H2/t20-/m0/s1. The van der Waals surface area contributed by atoms with E-state index in [1.54, 1.807) is 12.1 Å². The lowest BCUT2D eigenvalue weighted by Gasteiger charge is -2.32. The fourth-order valence-electron chi connectivity index (χ4n) is 4.37. The second-order valence-corrected chi connectivity index (χ2v) is 8.49. The third kappa shape index (κ3) is 5.63. The number of carbonyl (C=O) groups excluding carboxylic acids is 2. The molecular weight excluding hydrogens is 395 g/mol. The highest BCUT2D eigenvalue weighted by molar-refractivity contribution is 5.94. The number of hydrogen-bond donors (Lipinski definition) is 0. The number of rotatable bonds is 6. The molecule has 0 unspecified atom stereocenters. The van der Waals surface area contributed by atoms with Crippen LogP contribution in [0.1, 0.15) is 41.6 Å². The van der Waals surface area contributed by atoms with E-state index in [9.17, 15) is 14.0 Å². The molecule has 0 radical (unpaired) electrons. The van der Waals surface area contributed by atoms with Crippen LogP contribution in [0.5, 0.6) is 5.75 Å². The van der Waals surface area contributed by atoms with E-state index >= 15 is 0 Å². The Morgan fingerprint density at radius 2 is 1.71 bits per heavy atom. The molecule has 2 heterocycles. The van der Waals surface area contributed by atoms with Crippen LogP contribution in [0.3, 0.4) is 0 Å². The SMILES string of the molecule is O=C(Cc1cccc(F)c1)N1CCC[C@H](COc2ccc(C(=O)N3CCCC3)cc2)C1. The summed E-state index contributed by atoms with van der Waals surface area (Å²) in [7, 11) is 0. The summed E-state index contributed by atoms with van der Waals surface area (Å²) in [4.78, 5) is 28.8. The van der Waals surface area contributed by atoms with Gasteiger partial charge in [-0.15, -0.1) is 0 Å². The van der Waals surface area contributed by atoms with Gasteiger partial charge in [-0.2, -0.15) is 0 Å². The Morgan fingerprint density at radius 1 is 0.968 bits per heavy atom. The van der Waals surface area contributed by atoms with Gasteiger partial charge < -0.3 is 14.5 Å². The summed E-state index contributed by atoms with van der Waals surface area (Å²) in [5, 5.41) is 0. The fourth-order valence-corrected chi connectivity index (χ4v) is 4.37. The van der Waals surface area contributed by atoms with Crippen LogP contribution in [0, 0.1) is 11.7 Å². The highest BCUT2D eigenvalue weighted by atomic mass is 19.1. The number of likely N-dealkylation sites (tertiary alicyclic amines) is 2. The summed E-state index contributed by atoms with van der Waals surface area (Å²) in [5.74, 6) is 0.796. The van der Waals surface area contributed by atoms with Gasteiger partial charge in [0.25, 0.3) is 5.91 Å². The third-order valence-corrected chi connectivity index (χ3v) is 6.10. The number of ether oxygens (including phenoxy) is 1. The first kappa shape index (κ1) is 21.3. The minimum absolute atomic E-state index is 0.0279. The van der Waals surface area contributed by atoms with Crippen molar-refractivity contribution < 1.29 is 18.7 Å². The highest BCUT2D eigenvalue weighted by Crippen LogP contribution is 2.21. The van der Waals surface area contributed by atoms with Crippen LogP contribution in [0.25, 0.3) is 0 Å². The van der Waals surface area contributed by atoms with Gasteiger partial charge in [-0.25, -0.2) is 4.39 Å². The molecule has 0 aliphatic carbocycles. The van der Waals surface area contributed by atoms with E-state index in [4.69, 9.17) is 4.74 Å². The maximum Gasteiger partial charge on any atom is 0.253 e. The number of amides is 2. The van der Waals surface area contributed by atoms with Crippen molar-refractivity contribution in [2.24, 2.45) is 5.92 Å². The first-order valence-corrected chi connectivity index (χ1v) is 11.1. The van der Waals surface area contributed by atoms with Crippen LogP contribution in [-0.4, -0.2) is 54.4 Å². The Kier molecular flexibility index (Phi) is 6.85. The topological polar surface area (TPSA) is 49.9 Å². The number of carbonyl (C=O) groups is 2. The molecule has 5 nitrogen and oxygen atoms in total. The van der Waals surface area contributed by atoms with Gasteiger partial charge in [0.2, 0.25) is 5.91 Å². The minimum atomic E-state index is -0.316. The zero-order valence-electron chi connectivity index (χ0n) is 17.8. The number of benzene rings is 2. The molecular formula is C25H29FN2O3. The molecule has 0 spiro atoms. The van der Waals surface area contributed by atoms with Crippen LogP contribution in [-0.2, 0) is 11.2 Å². The second kappa shape index (κ2) is 9.94. The number of hydrogen-bond acceptors (Lipinski definition) is 3. The van der Waals surface area contributed by atoms with E-state index in [0.717, 1.165) is 51.1 Å². The Labute approximate surface area is 182 Å². The molecule has 2 aliphatic heterocycles. The van der Waals surface area contributed by atoms with E-state index in [2.05, 4.69) is 0 Å². The lowest BCUT2D eigenvalue weighted by atomic mass is 9.98. The Bertz CT molecular complexity index is 909. The predicted octanol–water partition coefficient (Wildman–Crippen LogP) is 3.92. The predicted molar refractivity (Wildman–Crippen MR) is 116 cm³/mol. The van der Waals surface area contributed by atoms with Crippen molar-refractivity contribution in [3.8, 4) is 5.75 Å². The summed E-state index contributed by atoms with van der Waals surface area (Å²) in [6.07, 6.45) is 4.32. The van der Waals surface area contributed by atoms with E-state index in [1.165, 1.54) is 12.1 Å². The van der Waals surface area contributed by atoms with Gasteiger partial charge in [-0.1, -0.05) is 12.1 Å². The molecule has 2 saturated heterocycles. The van der Waals surface area contributed by atoms with Crippen molar-refractivity contribution in [2.45, 2.75) is 32.1 Å². The third-order valence-electron chi connectivity index (χ3n) is 6.10. The van der Waals surface area contributed by atoms with E-state index < -0.39 is 0 Å². The zero-order chi connectivity index (χ0) is 21.6. The number of halogens is 1. The largest absolute Gasteiger partial charge is 0.493 e. The first-order chi connectivity index (χ1) is 15.1. The van der Waals surface area contributed by atoms with Crippen molar-refractivity contribution in [3.63, 3.8) is 0 Å². The molecule has 2 aromatic carbocycles. The van der Waals surface area contributed by atoms with Gasteiger partial charge in [-0.3, -0.25) is 9.59 Å². The van der Waals surface area contributed by atoms with Crippen LogP contribution < -0.4 is 4.74 Å². The van der Waals surface area contributed by atoms with Gasteiger partial charge in [0, 0.05) is 37.7 Å². The van der Waals surface area contributed by atoms with Crippen LogP contribution in [0.15, 0.2) is 48.5 Å². The highest BCUT2D eigenvalue weighted by Gasteiger charge is 2.24. The molecule has 164 valence electrons. The molecule has 0 N–H and O–H groups in total. The smallest absolute Gasteiger partial charge is 0.253 e. The lowest BCUT2D eigenvalue weighted by Crippen LogP contribution is -2.42. The maximum atomic E-state index is 13.4. The van der Waals surface area contributed by atoms with E-state index in [1.807, 2.05) is 34.1 Å². The van der Waals surface area contributed by atoms with Crippen LogP contribution in [0.4, 0.5) is 4.39 Å². The van der Waals surface area contributed by atoms with Crippen molar-refractivity contribution in [3.05, 3.63) is 65.5 Å².